The van der Waals surface area contributed by atoms with Crippen molar-refractivity contribution in [3.8, 4) is 5.88 Å². The van der Waals surface area contributed by atoms with Gasteiger partial charge >= 0.3 is 0 Å². The first kappa shape index (κ1) is 17.0. The van der Waals surface area contributed by atoms with Crippen LogP contribution in [0, 0.1) is 0 Å². The second-order valence-corrected chi connectivity index (χ2v) is 5.90. The fourth-order valence-electron chi connectivity index (χ4n) is 2.66. The Morgan fingerprint density at radius 2 is 2.16 bits per heavy atom. The van der Waals surface area contributed by atoms with E-state index in [1.807, 2.05) is 35.2 Å². The first-order valence-electron chi connectivity index (χ1n) is 8.42. The molecule has 7 nitrogen and oxygen atoms in total. The molecular formula is C18H21N3O4. The summed E-state index contributed by atoms with van der Waals surface area (Å²) < 4.78 is 10.5. The van der Waals surface area contributed by atoms with Crippen LogP contribution < -0.4 is 10.1 Å². The van der Waals surface area contributed by atoms with Crippen molar-refractivity contribution in [1.82, 2.24) is 15.4 Å². The normalized spacial score (nSPS) is 13.9. The fraction of sp³-hybridized carbons (Fsp3) is 0.389. The lowest BCUT2D eigenvalue weighted by atomic mass is 10.2. The molecule has 0 bridgehead atoms. The van der Waals surface area contributed by atoms with E-state index in [4.69, 9.17) is 9.26 Å². The van der Waals surface area contributed by atoms with Gasteiger partial charge in [-0.25, -0.2) is 0 Å². The zero-order valence-electron chi connectivity index (χ0n) is 13.9. The molecule has 1 saturated heterocycles. The Hall–Kier alpha value is -2.83. The average molecular weight is 343 g/mol. The Balaban J connectivity index is 1.39. The molecule has 0 saturated carbocycles. The molecule has 1 aliphatic heterocycles. The Morgan fingerprint density at radius 3 is 2.92 bits per heavy atom. The van der Waals surface area contributed by atoms with Crippen molar-refractivity contribution >= 4 is 11.8 Å². The maximum Gasteiger partial charge on any atom is 0.290 e. The predicted octanol–water partition coefficient (Wildman–Crippen LogP) is 2.00. The third-order valence-corrected chi connectivity index (χ3v) is 4.00. The number of benzene rings is 1. The highest BCUT2D eigenvalue weighted by Crippen LogP contribution is 2.13. The van der Waals surface area contributed by atoms with Crippen molar-refractivity contribution in [2.75, 3.05) is 19.6 Å². The predicted molar refractivity (Wildman–Crippen MR) is 90.0 cm³/mol. The zero-order valence-corrected chi connectivity index (χ0v) is 13.9. The Morgan fingerprint density at radius 1 is 1.32 bits per heavy atom. The van der Waals surface area contributed by atoms with E-state index >= 15 is 0 Å². The highest BCUT2D eigenvalue weighted by molar-refractivity contribution is 5.91. The molecular weight excluding hydrogens is 322 g/mol. The van der Waals surface area contributed by atoms with Crippen LogP contribution in [0.25, 0.3) is 0 Å². The molecule has 1 aromatic heterocycles. The van der Waals surface area contributed by atoms with Crippen LogP contribution in [-0.2, 0) is 11.4 Å². The van der Waals surface area contributed by atoms with E-state index in [1.54, 1.807) is 0 Å². The largest absolute Gasteiger partial charge is 0.471 e. The lowest BCUT2D eigenvalue weighted by molar-refractivity contribution is -0.127. The van der Waals surface area contributed by atoms with Gasteiger partial charge in [0.25, 0.3) is 11.8 Å². The topological polar surface area (TPSA) is 84.7 Å². The molecule has 3 rings (SSSR count). The van der Waals surface area contributed by atoms with Crippen LogP contribution >= 0.6 is 0 Å². The van der Waals surface area contributed by atoms with Gasteiger partial charge in [-0.05, 0) is 23.6 Å². The van der Waals surface area contributed by atoms with Crippen molar-refractivity contribution in [3.63, 3.8) is 0 Å². The smallest absolute Gasteiger partial charge is 0.290 e. The van der Waals surface area contributed by atoms with Crippen LogP contribution in [0.4, 0.5) is 0 Å². The van der Waals surface area contributed by atoms with Gasteiger partial charge in [-0.2, -0.15) is 0 Å². The first-order chi connectivity index (χ1) is 12.2. The zero-order chi connectivity index (χ0) is 17.5. The Kier molecular flexibility index (Phi) is 5.66. The van der Waals surface area contributed by atoms with Crippen LogP contribution in [0.5, 0.6) is 5.88 Å². The summed E-state index contributed by atoms with van der Waals surface area (Å²) in [6.45, 7) is 2.32. The fourth-order valence-corrected chi connectivity index (χ4v) is 2.66. The van der Waals surface area contributed by atoms with Gasteiger partial charge in [-0.1, -0.05) is 30.3 Å². The van der Waals surface area contributed by atoms with E-state index < -0.39 is 0 Å². The number of amides is 2. The first-order valence-corrected chi connectivity index (χ1v) is 8.42. The molecule has 25 heavy (non-hydrogen) atoms. The van der Waals surface area contributed by atoms with Crippen LogP contribution in [0.1, 0.15) is 35.4 Å². The number of carbonyl (C=O) groups is 2. The number of aromatic nitrogens is 1. The van der Waals surface area contributed by atoms with Crippen molar-refractivity contribution in [1.29, 1.82) is 0 Å². The van der Waals surface area contributed by atoms with Gasteiger partial charge in [-0.3, -0.25) is 9.59 Å². The minimum atomic E-state index is -0.338. The van der Waals surface area contributed by atoms with E-state index in [0.717, 1.165) is 18.5 Å². The summed E-state index contributed by atoms with van der Waals surface area (Å²) in [5.41, 5.74) is 1.01. The molecule has 1 aromatic carbocycles. The molecule has 2 heterocycles. The number of nitrogens with one attached hydrogen (secondary N) is 1. The van der Waals surface area contributed by atoms with Crippen molar-refractivity contribution < 1.29 is 18.8 Å². The minimum Gasteiger partial charge on any atom is -0.471 e. The second kappa shape index (κ2) is 8.32. The third kappa shape index (κ3) is 4.82. The van der Waals surface area contributed by atoms with Crippen molar-refractivity contribution in [2.45, 2.75) is 25.9 Å². The van der Waals surface area contributed by atoms with E-state index in [0.29, 0.717) is 32.5 Å². The van der Waals surface area contributed by atoms with E-state index in [1.165, 1.54) is 6.07 Å². The molecule has 0 radical (unpaired) electrons. The van der Waals surface area contributed by atoms with Crippen LogP contribution in [0.15, 0.2) is 40.9 Å². The summed E-state index contributed by atoms with van der Waals surface area (Å²) >= 11 is 0. The van der Waals surface area contributed by atoms with E-state index in [9.17, 15) is 9.59 Å². The molecule has 0 aliphatic carbocycles. The summed E-state index contributed by atoms with van der Waals surface area (Å²) in [6.07, 6.45) is 2.27. The molecule has 2 amide bonds. The number of hydrogen-bond donors (Lipinski definition) is 1. The molecule has 1 fully saturated rings. The quantitative estimate of drug-likeness (QED) is 0.741. The Labute approximate surface area is 145 Å². The number of likely N-dealkylation sites (tertiary alicyclic amines) is 1. The molecule has 7 heteroatoms. The van der Waals surface area contributed by atoms with Gasteiger partial charge in [-0.15, -0.1) is 0 Å². The minimum absolute atomic E-state index is 0.111. The monoisotopic (exact) mass is 343 g/mol. The number of ether oxygens (including phenoxy) is 1. The number of rotatable bonds is 8. The highest BCUT2D eigenvalue weighted by Gasteiger charge is 2.19. The summed E-state index contributed by atoms with van der Waals surface area (Å²) in [6, 6.07) is 11.1. The summed E-state index contributed by atoms with van der Waals surface area (Å²) in [4.78, 5) is 25.3. The van der Waals surface area contributed by atoms with Crippen LogP contribution in [0.2, 0.25) is 0 Å². The lowest BCUT2D eigenvalue weighted by Crippen LogP contribution is -2.30. The van der Waals surface area contributed by atoms with Crippen molar-refractivity contribution in [2.24, 2.45) is 0 Å². The third-order valence-electron chi connectivity index (χ3n) is 4.00. The van der Waals surface area contributed by atoms with Gasteiger partial charge < -0.3 is 19.5 Å². The van der Waals surface area contributed by atoms with Crippen LogP contribution in [-0.4, -0.2) is 41.5 Å². The maximum atomic E-state index is 12.0. The maximum absolute atomic E-state index is 12.0. The van der Waals surface area contributed by atoms with Crippen LogP contribution in [0.3, 0.4) is 0 Å². The number of nitrogens with zero attached hydrogens (tertiary/aromatic N) is 2. The molecule has 2 aromatic rings. The number of hydrogen-bond acceptors (Lipinski definition) is 5. The SMILES string of the molecule is O=C(NCCCN1CCCC1=O)c1cc(OCc2ccccc2)no1. The number of carbonyl (C=O) groups excluding carboxylic acids is 2. The Bertz CT molecular complexity index is 714. The molecule has 0 unspecified atom stereocenters. The molecule has 0 atom stereocenters. The average Bonchev–Trinajstić information content (AvgIpc) is 3.27. The molecule has 1 aliphatic rings. The molecule has 132 valence electrons. The van der Waals surface area contributed by atoms with Gasteiger partial charge in [0, 0.05) is 26.1 Å². The van der Waals surface area contributed by atoms with Gasteiger partial charge in [0.2, 0.25) is 11.7 Å². The summed E-state index contributed by atoms with van der Waals surface area (Å²) in [7, 11) is 0. The molecule has 1 N–H and O–H groups in total. The van der Waals surface area contributed by atoms with Crippen molar-refractivity contribution in [3.05, 3.63) is 47.7 Å². The highest BCUT2D eigenvalue weighted by atomic mass is 16.5. The van der Waals surface area contributed by atoms with E-state index in [-0.39, 0.29) is 23.5 Å². The van der Waals surface area contributed by atoms with Gasteiger partial charge in [0.05, 0.1) is 6.07 Å². The van der Waals surface area contributed by atoms with Gasteiger partial charge in [0.1, 0.15) is 6.61 Å². The van der Waals surface area contributed by atoms with E-state index in [2.05, 4.69) is 10.5 Å². The lowest BCUT2D eigenvalue weighted by Gasteiger charge is -2.14. The molecule has 0 spiro atoms. The summed E-state index contributed by atoms with van der Waals surface area (Å²) in [5, 5.41) is 6.50. The standard InChI is InChI=1S/C18H21N3O4/c22-17-8-4-10-21(17)11-5-9-19-18(23)15-12-16(20-25-15)24-13-14-6-2-1-3-7-14/h1-3,6-7,12H,4-5,8-11,13H2,(H,19,23). The van der Waals surface area contributed by atoms with Gasteiger partial charge in [0.15, 0.2) is 0 Å². The summed E-state index contributed by atoms with van der Waals surface area (Å²) in [5.74, 6) is 0.244. The second-order valence-electron chi connectivity index (χ2n) is 5.90.